The molecule has 1 atom stereocenters. The van der Waals surface area contributed by atoms with Crippen molar-refractivity contribution in [3.8, 4) is 0 Å². The fraction of sp³-hybridized carbons (Fsp3) is 0.364. The van der Waals surface area contributed by atoms with Gasteiger partial charge < -0.3 is 9.32 Å². The van der Waals surface area contributed by atoms with Crippen LogP contribution in [-0.4, -0.2) is 48.2 Å². The summed E-state index contributed by atoms with van der Waals surface area (Å²) in [5.41, 5.74) is 1.77. The Kier molecular flexibility index (Phi) is 5.72. The van der Waals surface area contributed by atoms with Crippen molar-refractivity contribution in [1.29, 1.82) is 0 Å². The first-order valence-corrected chi connectivity index (χ1v) is 11.6. The number of aryl methyl sites for hydroxylation is 1. The van der Waals surface area contributed by atoms with Crippen molar-refractivity contribution in [1.82, 2.24) is 13.8 Å². The maximum Gasteiger partial charge on any atom is 0.419 e. The van der Waals surface area contributed by atoms with E-state index in [2.05, 4.69) is 0 Å². The molecule has 2 aromatic carbocycles. The first kappa shape index (κ1) is 21.3. The summed E-state index contributed by atoms with van der Waals surface area (Å²) in [5, 5.41) is 0. The lowest BCUT2D eigenvalue weighted by molar-refractivity contribution is -0.135. The average molecular weight is 444 g/mol. The summed E-state index contributed by atoms with van der Waals surface area (Å²) in [6, 6.07) is 14.1. The molecule has 1 aliphatic rings. The predicted molar refractivity (Wildman–Crippen MR) is 116 cm³/mol. The molecule has 1 aliphatic heterocycles. The van der Waals surface area contributed by atoms with Crippen molar-refractivity contribution in [2.24, 2.45) is 13.0 Å². The van der Waals surface area contributed by atoms with Gasteiger partial charge in [-0.15, -0.1) is 0 Å². The number of nitrogens with zero attached hydrogens (tertiary/aromatic N) is 3. The third-order valence-electron chi connectivity index (χ3n) is 5.77. The van der Waals surface area contributed by atoms with E-state index in [4.69, 9.17) is 4.42 Å². The first-order valence-electron chi connectivity index (χ1n) is 10.2. The van der Waals surface area contributed by atoms with E-state index in [1.54, 1.807) is 25.1 Å². The molecule has 0 N–H and O–H groups in total. The molecule has 0 spiro atoms. The number of oxazole rings is 1. The standard InChI is InChI=1S/C22H25N3O5S/c1-23(14-16-7-4-3-5-8-16)21(26)17-9-6-12-25(15-17)31(28,29)18-10-11-19-20(13-18)30-22(27)24(19)2/h3-5,7-8,10-11,13,17H,6,9,12,14-15H2,1-2H3/t17-/m1/s1. The van der Waals surface area contributed by atoms with Crippen LogP contribution >= 0.6 is 0 Å². The number of benzene rings is 2. The average Bonchev–Trinajstić information content (AvgIpc) is 3.07. The molecule has 9 heteroatoms. The molecule has 164 valence electrons. The van der Waals surface area contributed by atoms with Crippen LogP contribution in [0.25, 0.3) is 11.1 Å². The maximum atomic E-state index is 13.2. The molecule has 0 unspecified atom stereocenters. The smallest absolute Gasteiger partial charge is 0.408 e. The lowest BCUT2D eigenvalue weighted by atomic mass is 9.98. The summed E-state index contributed by atoms with van der Waals surface area (Å²) in [4.78, 5) is 26.4. The zero-order valence-corrected chi connectivity index (χ0v) is 18.3. The van der Waals surface area contributed by atoms with Gasteiger partial charge in [0.05, 0.1) is 16.3 Å². The number of carbonyl (C=O) groups is 1. The van der Waals surface area contributed by atoms with Crippen LogP contribution in [0.3, 0.4) is 0 Å². The third kappa shape index (κ3) is 4.15. The van der Waals surface area contributed by atoms with Gasteiger partial charge in [0.25, 0.3) is 0 Å². The quantitative estimate of drug-likeness (QED) is 0.603. The molecule has 1 aromatic heterocycles. The summed E-state index contributed by atoms with van der Waals surface area (Å²) in [7, 11) is -0.508. The van der Waals surface area contributed by atoms with Crippen LogP contribution in [0, 0.1) is 5.92 Å². The van der Waals surface area contributed by atoms with Crippen molar-refractivity contribution in [3.05, 3.63) is 64.6 Å². The van der Waals surface area contributed by atoms with Gasteiger partial charge in [0.2, 0.25) is 15.9 Å². The van der Waals surface area contributed by atoms with E-state index in [0.29, 0.717) is 31.4 Å². The Hall–Kier alpha value is -2.91. The van der Waals surface area contributed by atoms with Crippen LogP contribution < -0.4 is 5.76 Å². The molecule has 31 heavy (non-hydrogen) atoms. The van der Waals surface area contributed by atoms with Gasteiger partial charge in [-0.2, -0.15) is 4.31 Å². The Bertz CT molecular complexity index is 1260. The van der Waals surface area contributed by atoms with E-state index >= 15 is 0 Å². The fourth-order valence-corrected chi connectivity index (χ4v) is 5.57. The summed E-state index contributed by atoms with van der Waals surface area (Å²) in [6.07, 6.45) is 1.26. The summed E-state index contributed by atoms with van der Waals surface area (Å²) in [6.45, 7) is 0.967. The molecule has 0 bridgehead atoms. The van der Waals surface area contributed by atoms with E-state index in [0.717, 1.165) is 5.56 Å². The molecule has 0 saturated carbocycles. The van der Waals surface area contributed by atoms with Crippen LogP contribution in [0.5, 0.6) is 0 Å². The minimum atomic E-state index is -3.82. The van der Waals surface area contributed by atoms with E-state index < -0.39 is 21.7 Å². The van der Waals surface area contributed by atoms with Crippen molar-refractivity contribution < 1.29 is 17.6 Å². The van der Waals surface area contributed by atoms with Crippen molar-refractivity contribution >= 4 is 27.0 Å². The molecule has 0 aliphatic carbocycles. The van der Waals surface area contributed by atoms with E-state index in [9.17, 15) is 18.0 Å². The van der Waals surface area contributed by atoms with Crippen molar-refractivity contribution in [2.75, 3.05) is 20.1 Å². The number of hydrogen-bond acceptors (Lipinski definition) is 5. The van der Waals surface area contributed by atoms with Gasteiger partial charge in [0, 0.05) is 39.8 Å². The van der Waals surface area contributed by atoms with Crippen LogP contribution in [0.1, 0.15) is 18.4 Å². The van der Waals surface area contributed by atoms with Gasteiger partial charge in [-0.25, -0.2) is 13.2 Å². The molecule has 1 fully saturated rings. The minimum Gasteiger partial charge on any atom is -0.408 e. The highest BCUT2D eigenvalue weighted by Crippen LogP contribution is 2.27. The second-order valence-electron chi connectivity index (χ2n) is 7.94. The summed E-state index contributed by atoms with van der Waals surface area (Å²) >= 11 is 0. The van der Waals surface area contributed by atoms with Gasteiger partial charge in [-0.05, 0) is 30.5 Å². The topological polar surface area (TPSA) is 92.8 Å². The lowest BCUT2D eigenvalue weighted by Crippen LogP contribution is -2.45. The second kappa shape index (κ2) is 8.32. The summed E-state index contributed by atoms with van der Waals surface area (Å²) < 4.78 is 34.3. The molecule has 8 nitrogen and oxygen atoms in total. The van der Waals surface area contributed by atoms with Crippen molar-refractivity contribution in [3.63, 3.8) is 0 Å². The number of fused-ring (bicyclic) bond motifs is 1. The first-order chi connectivity index (χ1) is 14.8. The lowest BCUT2D eigenvalue weighted by Gasteiger charge is -2.33. The molecule has 2 heterocycles. The number of rotatable bonds is 5. The Labute approximate surface area is 180 Å². The summed E-state index contributed by atoms with van der Waals surface area (Å²) in [5.74, 6) is -1.00. The monoisotopic (exact) mass is 443 g/mol. The highest BCUT2D eigenvalue weighted by Gasteiger charge is 2.34. The normalized spacial score (nSPS) is 17.7. The second-order valence-corrected chi connectivity index (χ2v) is 9.88. The maximum absolute atomic E-state index is 13.2. The highest BCUT2D eigenvalue weighted by atomic mass is 32.2. The van der Waals surface area contributed by atoms with Gasteiger partial charge in [0.15, 0.2) is 5.58 Å². The van der Waals surface area contributed by atoms with Gasteiger partial charge in [0.1, 0.15) is 0 Å². The van der Waals surface area contributed by atoms with Crippen LogP contribution in [0.4, 0.5) is 0 Å². The number of carbonyl (C=O) groups excluding carboxylic acids is 1. The Morgan fingerprint density at radius 1 is 1.19 bits per heavy atom. The van der Waals surface area contributed by atoms with E-state index in [1.165, 1.54) is 21.0 Å². The van der Waals surface area contributed by atoms with Gasteiger partial charge in [-0.1, -0.05) is 30.3 Å². The number of sulfonamides is 1. The van der Waals surface area contributed by atoms with Crippen molar-refractivity contribution in [2.45, 2.75) is 24.3 Å². The molecule has 1 saturated heterocycles. The predicted octanol–water partition coefficient (Wildman–Crippen LogP) is 2.19. The molecular formula is C22H25N3O5S. The van der Waals surface area contributed by atoms with E-state index in [-0.39, 0.29) is 22.9 Å². The fourth-order valence-electron chi connectivity index (χ4n) is 4.03. The Morgan fingerprint density at radius 3 is 2.68 bits per heavy atom. The molecular weight excluding hydrogens is 418 g/mol. The SMILES string of the molecule is CN(Cc1ccccc1)C(=O)[C@@H]1CCCN(S(=O)(=O)c2ccc3c(c2)oc(=O)n3C)C1. The molecule has 0 radical (unpaired) electrons. The van der Waals surface area contributed by atoms with Crippen LogP contribution in [-0.2, 0) is 28.4 Å². The number of hydrogen-bond donors (Lipinski definition) is 0. The third-order valence-corrected chi connectivity index (χ3v) is 7.63. The van der Waals surface area contributed by atoms with Crippen LogP contribution in [0.15, 0.2) is 62.6 Å². The zero-order valence-electron chi connectivity index (χ0n) is 17.5. The molecule has 3 aromatic rings. The van der Waals surface area contributed by atoms with Crippen LogP contribution in [0.2, 0.25) is 0 Å². The van der Waals surface area contributed by atoms with Gasteiger partial charge >= 0.3 is 5.76 Å². The molecule has 1 amide bonds. The largest absolute Gasteiger partial charge is 0.419 e. The number of piperidine rings is 1. The Balaban J connectivity index is 1.52. The minimum absolute atomic E-state index is 0.0556. The Morgan fingerprint density at radius 2 is 1.94 bits per heavy atom. The van der Waals surface area contributed by atoms with E-state index in [1.807, 2.05) is 30.3 Å². The zero-order chi connectivity index (χ0) is 22.2. The molecule has 4 rings (SSSR count). The highest BCUT2D eigenvalue weighted by molar-refractivity contribution is 7.89. The number of amides is 1. The number of aromatic nitrogens is 1. The van der Waals surface area contributed by atoms with Gasteiger partial charge in [-0.3, -0.25) is 9.36 Å².